The lowest BCUT2D eigenvalue weighted by molar-refractivity contribution is 0.148. The summed E-state index contributed by atoms with van der Waals surface area (Å²) >= 11 is 1.43. The first-order valence-corrected chi connectivity index (χ1v) is 5.74. The molecule has 0 spiro atoms. The fraction of sp³-hybridized carbons (Fsp3) is 0.778. The highest BCUT2D eigenvalue weighted by Crippen LogP contribution is 2.19. The number of hydrogen-bond donors (Lipinski definition) is 2. The predicted molar refractivity (Wildman–Crippen MR) is 55.1 cm³/mol. The predicted octanol–water partition coefficient (Wildman–Crippen LogP) is 0.850. The Morgan fingerprint density at radius 2 is 2.43 bits per heavy atom. The van der Waals surface area contributed by atoms with E-state index in [2.05, 4.69) is 14.9 Å². The van der Waals surface area contributed by atoms with E-state index in [4.69, 9.17) is 0 Å². The molecule has 2 N–H and O–H groups in total. The minimum atomic E-state index is -0.170. The van der Waals surface area contributed by atoms with E-state index in [1.807, 2.05) is 6.92 Å². The highest BCUT2D eigenvalue weighted by atomic mass is 32.1. The lowest BCUT2D eigenvalue weighted by Gasteiger charge is -2.15. The third-order valence-electron chi connectivity index (χ3n) is 2.75. The van der Waals surface area contributed by atoms with E-state index in [0.717, 1.165) is 31.5 Å². The van der Waals surface area contributed by atoms with Crippen LogP contribution in [0.3, 0.4) is 0 Å². The average Bonchev–Trinajstić information content (AvgIpc) is 2.72. The number of aryl methyl sites for hydroxylation is 1. The summed E-state index contributed by atoms with van der Waals surface area (Å²) in [4.78, 5) is 1.17. The van der Waals surface area contributed by atoms with Crippen molar-refractivity contribution in [1.29, 1.82) is 0 Å². The number of nitrogens with zero attached hydrogens (tertiary/aromatic N) is 2. The molecular weight excluding hydrogens is 198 g/mol. The molecule has 2 rings (SSSR count). The van der Waals surface area contributed by atoms with Gasteiger partial charge in [0, 0.05) is 12.6 Å². The van der Waals surface area contributed by atoms with Crippen LogP contribution in [0.25, 0.3) is 0 Å². The van der Waals surface area contributed by atoms with Crippen LogP contribution in [0.1, 0.15) is 29.8 Å². The van der Waals surface area contributed by atoms with E-state index in [0.29, 0.717) is 0 Å². The van der Waals surface area contributed by atoms with Gasteiger partial charge in [0.1, 0.15) is 0 Å². The molecule has 1 heterocycles. The summed E-state index contributed by atoms with van der Waals surface area (Å²) in [5.41, 5.74) is 0.995. The zero-order chi connectivity index (χ0) is 9.97. The molecular formula is C9H15N3OS. The Kier molecular flexibility index (Phi) is 3.10. The topological polar surface area (TPSA) is 58.0 Å². The van der Waals surface area contributed by atoms with Crippen LogP contribution in [0.15, 0.2) is 0 Å². The maximum Gasteiger partial charge on any atom is 0.0769 e. The summed E-state index contributed by atoms with van der Waals surface area (Å²) in [5, 5.41) is 16.9. The first-order valence-electron chi connectivity index (χ1n) is 4.96. The summed E-state index contributed by atoms with van der Waals surface area (Å²) in [6.45, 7) is 2.75. The summed E-state index contributed by atoms with van der Waals surface area (Å²) < 4.78 is 3.88. The standard InChI is InChI=1S/C9H15N3OS/c1-6-9(14-12-11-6)5-10-7-3-2-4-8(7)13/h7-8,10,13H,2-5H2,1H3. The van der Waals surface area contributed by atoms with Crippen LogP contribution in [-0.2, 0) is 6.54 Å². The first kappa shape index (κ1) is 10.0. The Balaban J connectivity index is 1.85. The van der Waals surface area contributed by atoms with Gasteiger partial charge >= 0.3 is 0 Å². The van der Waals surface area contributed by atoms with E-state index in [1.165, 1.54) is 16.4 Å². The van der Waals surface area contributed by atoms with Crippen molar-refractivity contribution >= 4 is 11.5 Å². The molecule has 14 heavy (non-hydrogen) atoms. The van der Waals surface area contributed by atoms with Crippen molar-refractivity contribution in [3.63, 3.8) is 0 Å². The zero-order valence-electron chi connectivity index (χ0n) is 8.23. The van der Waals surface area contributed by atoms with E-state index < -0.39 is 0 Å². The molecule has 1 saturated carbocycles. The normalized spacial score (nSPS) is 27.0. The van der Waals surface area contributed by atoms with E-state index >= 15 is 0 Å². The number of aliphatic hydroxyl groups excluding tert-OH is 1. The second-order valence-electron chi connectivity index (χ2n) is 3.77. The van der Waals surface area contributed by atoms with Gasteiger partial charge in [0.25, 0.3) is 0 Å². The van der Waals surface area contributed by atoms with Crippen LogP contribution < -0.4 is 5.32 Å². The van der Waals surface area contributed by atoms with Crippen molar-refractivity contribution in [1.82, 2.24) is 14.9 Å². The van der Waals surface area contributed by atoms with Crippen molar-refractivity contribution in [3.8, 4) is 0 Å². The van der Waals surface area contributed by atoms with Crippen LogP contribution in [0, 0.1) is 6.92 Å². The number of aliphatic hydroxyl groups is 1. The average molecular weight is 213 g/mol. The smallest absolute Gasteiger partial charge is 0.0769 e. The zero-order valence-corrected chi connectivity index (χ0v) is 9.05. The lowest BCUT2D eigenvalue weighted by Crippen LogP contribution is -2.34. The Morgan fingerprint density at radius 3 is 3.00 bits per heavy atom. The quantitative estimate of drug-likeness (QED) is 0.781. The van der Waals surface area contributed by atoms with Gasteiger partial charge in [-0.15, -0.1) is 5.10 Å². The van der Waals surface area contributed by atoms with Crippen molar-refractivity contribution < 1.29 is 5.11 Å². The molecule has 0 aromatic carbocycles. The number of aromatic nitrogens is 2. The molecule has 78 valence electrons. The molecule has 1 aliphatic carbocycles. The molecule has 2 unspecified atom stereocenters. The highest BCUT2D eigenvalue weighted by Gasteiger charge is 2.24. The van der Waals surface area contributed by atoms with Gasteiger partial charge in [0.05, 0.1) is 16.7 Å². The van der Waals surface area contributed by atoms with Gasteiger partial charge in [-0.25, -0.2) is 0 Å². The molecule has 1 fully saturated rings. The van der Waals surface area contributed by atoms with Crippen LogP contribution in [0.4, 0.5) is 0 Å². The van der Waals surface area contributed by atoms with E-state index in [9.17, 15) is 5.11 Å². The number of hydrogen-bond acceptors (Lipinski definition) is 5. The SMILES string of the molecule is Cc1nnsc1CNC1CCCC1O. The van der Waals surface area contributed by atoms with Gasteiger partial charge < -0.3 is 10.4 Å². The van der Waals surface area contributed by atoms with Crippen LogP contribution >= 0.6 is 11.5 Å². The molecule has 0 saturated heterocycles. The first-order chi connectivity index (χ1) is 6.77. The Hall–Kier alpha value is -0.520. The van der Waals surface area contributed by atoms with Crippen molar-refractivity contribution in [2.75, 3.05) is 0 Å². The molecule has 4 nitrogen and oxygen atoms in total. The van der Waals surface area contributed by atoms with Gasteiger partial charge in [0.2, 0.25) is 0 Å². The summed E-state index contributed by atoms with van der Waals surface area (Å²) in [7, 11) is 0. The van der Waals surface area contributed by atoms with E-state index in [-0.39, 0.29) is 12.1 Å². The fourth-order valence-corrected chi connectivity index (χ4v) is 2.40. The molecule has 0 radical (unpaired) electrons. The fourth-order valence-electron chi connectivity index (χ4n) is 1.82. The minimum Gasteiger partial charge on any atom is -0.392 e. The van der Waals surface area contributed by atoms with E-state index in [1.54, 1.807) is 0 Å². The summed E-state index contributed by atoms with van der Waals surface area (Å²) in [6, 6.07) is 0.261. The van der Waals surface area contributed by atoms with Crippen LogP contribution in [-0.4, -0.2) is 26.8 Å². The largest absolute Gasteiger partial charge is 0.392 e. The van der Waals surface area contributed by atoms with Crippen molar-refractivity contribution in [2.45, 2.75) is 44.9 Å². The van der Waals surface area contributed by atoms with Gasteiger partial charge in [-0.2, -0.15) is 0 Å². The van der Waals surface area contributed by atoms with Gasteiger partial charge in [0.15, 0.2) is 0 Å². The molecule has 0 amide bonds. The summed E-state index contributed by atoms with van der Waals surface area (Å²) in [6.07, 6.45) is 2.96. The third-order valence-corrected chi connectivity index (χ3v) is 3.57. The Morgan fingerprint density at radius 1 is 1.57 bits per heavy atom. The molecule has 1 aliphatic rings. The summed E-state index contributed by atoms with van der Waals surface area (Å²) in [5.74, 6) is 0. The molecule has 0 bridgehead atoms. The number of nitrogens with one attached hydrogen (secondary N) is 1. The molecule has 5 heteroatoms. The Bertz CT molecular complexity index is 302. The van der Waals surface area contributed by atoms with Crippen LogP contribution in [0.2, 0.25) is 0 Å². The van der Waals surface area contributed by atoms with Crippen LogP contribution in [0.5, 0.6) is 0 Å². The molecule has 1 aromatic rings. The second-order valence-corrected chi connectivity index (χ2v) is 4.61. The molecule has 2 atom stereocenters. The second kappa shape index (κ2) is 4.33. The van der Waals surface area contributed by atoms with Gasteiger partial charge in [-0.3, -0.25) is 0 Å². The maximum atomic E-state index is 9.60. The molecule has 0 aliphatic heterocycles. The monoisotopic (exact) mass is 213 g/mol. The Labute approximate surface area is 87.5 Å². The third kappa shape index (κ3) is 2.10. The number of rotatable bonds is 3. The lowest BCUT2D eigenvalue weighted by atomic mass is 10.2. The van der Waals surface area contributed by atoms with Crippen molar-refractivity contribution in [2.24, 2.45) is 0 Å². The highest BCUT2D eigenvalue weighted by molar-refractivity contribution is 7.05. The van der Waals surface area contributed by atoms with Gasteiger partial charge in [-0.05, 0) is 37.7 Å². The van der Waals surface area contributed by atoms with Gasteiger partial charge in [-0.1, -0.05) is 4.49 Å². The molecule has 1 aromatic heterocycles. The van der Waals surface area contributed by atoms with Crippen molar-refractivity contribution in [3.05, 3.63) is 10.6 Å². The maximum absolute atomic E-state index is 9.60. The minimum absolute atomic E-state index is 0.170.